The third kappa shape index (κ3) is 6.30. The number of rotatable bonds is 8. The molecule has 0 spiro atoms. The molecule has 1 aromatic carbocycles. The smallest absolute Gasteiger partial charge is 0.243 e. The van der Waals surface area contributed by atoms with Gasteiger partial charge in [0.1, 0.15) is 0 Å². The Morgan fingerprint density at radius 3 is 2.48 bits per heavy atom. The monoisotopic (exact) mass is 395 g/mol. The van der Waals surface area contributed by atoms with E-state index in [0.717, 1.165) is 45.1 Å². The van der Waals surface area contributed by atoms with Gasteiger partial charge >= 0.3 is 0 Å². The Bertz CT molecular complexity index is 726. The van der Waals surface area contributed by atoms with Crippen LogP contribution in [0.2, 0.25) is 0 Å². The summed E-state index contributed by atoms with van der Waals surface area (Å²) in [6.45, 7) is 6.22. The normalized spacial score (nSPS) is 16.3. The van der Waals surface area contributed by atoms with Gasteiger partial charge in [-0.05, 0) is 57.5 Å². The zero-order valence-corrected chi connectivity index (χ0v) is 17.6. The molecule has 1 aromatic rings. The number of amides is 1. The molecule has 152 valence electrons. The van der Waals surface area contributed by atoms with Crippen molar-refractivity contribution in [2.24, 2.45) is 0 Å². The summed E-state index contributed by atoms with van der Waals surface area (Å²) in [6, 6.07) is 5.13. The van der Waals surface area contributed by atoms with E-state index in [1.165, 1.54) is 0 Å². The van der Waals surface area contributed by atoms with Crippen LogP contribution in [0.5, 0.6) is 0 Å². The number of likely N-dealkylation sites (N-methyl/N-ethyl adjacent to an activating group) is 1. The highest BCUT2D eigenvalue weighted by Crippen LogP contribution is 2.25. The number of unbranched alkanes of at least 4 members (excludes halogenated alkanes) is 1. The molecule has 1 saturated heterocycles. The van der Waals surface area contributed by atoms with E-state index in [9.17, 15) is 13.2 Å². The maximum absolute atomic E-state index is 13.1. The summed E-state index contributed by atoms with van der Waals surface area (Å²) >= 11 is 0. The van der Waals surface area contributed by atoms with Crippen LogP contribution in [0.15, 0.2) is 23.1 Å². The van der Waals surface area contributed by atoms with Crippen LogP contribution in [0.4, 0.5) is 5.69 Å². The van der Waals surface area contributed by atoms with Crippen molar-refractivity contribution >= 4 is 21.6 Å². The SMILES string of the molecule is CCCCN(C)CC(=O)Nc1ccc(C)c(S(=O)(=O)N2CCCCCC2)c1. The van der Waals surface area contributed by atoms with Gasteiger partial charge in [-0.2, -0.15) is 4.31 Å². The van der Waals surface area contributed by atoms with Gasteiger partial charge < -0.3 is 5.32 Å². The van der Waals surface area contributed by atoms with Crippen LogP contribution in [0.3, 0.4) is 0 Å². The lowest BCUT2D eigenvalue weighted by Crippen LogP contribution is -2.33. The van der Waals surface area contributed by atoms with Gasteiger partial charge in [0.05, 0.1) is 11.4 Å². The highest BCUT2D eigenvalue weighted by Gasteiger charge is 2.27. The Balaban J connectivity index is 2.12. The second-order valence-electron chi connectivity index (χ2n) is 7.44. The van der Waals surface area contributed by atoms with Gasteiger partial charge in [-0.15, -0.1) is 0 Å². The number of carbonyl (C=O) groups excluding carboxylic acids is 1. The average Bonchev–Trinajstić information content (AvgIpc) is 2.91. The molecule has 0 radical (unpaired) electrons. The number of nitrogens with zero attached hydrogens (tertiary/aromatic N) is 2. The second kappa shape index (κ2) is 10.2. The fourth-order valence-corrected chi connectivity index (χ4v) is 5.10. The molecule has 1 N–H and O–H groups in total. The van der Waals surface area contributed by atoms with Crippen molar-refractivity contribution in [2.75, 3.05) is 38.5 Å². The molecule has 0 bridgehead atoms. The van der Waals surface area contributed by atoms with Crippen molar-refractivity contribution in [3.05, 3.63) is 23.8 Å². The number of benzene rings is 1. The number of aryl methyl sites for hydroxylation is 1. The molecule has 1 fully saturated rings. The lowest BCUT2D eigenvalue weighted by Gasteiger charge is -2.22. The Labute approximate surface area is 164 Å². The molecule has 1 aliphatic heterocycles. The van der Waals surface area contributed by atoms with Crippen LogP contribution >= 0.6 is 0 Å². The van der Waals surface area contributed by atoms with E-state index in [4.69, 9.17) is 0 Å². The lowest BCUT2D eigenvalue weighted by atomic mass is 10.2. The highest BCUT2D eigenvalue weighted by atomic mass is 32.2. The van der Waals surface area contributed by atoms with Crippen LogP contribution in [0.25, 0.3) is 0 Å². The number of anilines is 1. The maximum Gasteiger partial charge on any atom is 0.243 e. The molecule has 0 aromatic heterocycles. The van der Waals surface area contributed by atoms with Crippen LogP contribution in [0.1, 0.15) is 51.0 Å². The molecule has 0 saturated carbocycles. The number of hydrogen-bond donors (Lipinski definition) is 1. The zero-order chi connectivity index (χ0) is 19.9. The minimum Gasteiger partial charge on any atom is -0.325 e. The third-order valence-electron chi connectivity index (χ3n) is 4.96. The second-order valence-corrected chi connectivity index (χ2v) is 9.34. The zero-order valence-electron chi connectivity index (χ0n) is 16.8. The molecular weight excluding hydrogens is 362 g/mol. The first kappa shape index (κ1) is 21.9. The number of hydrogen-bond acceptors (Lipinski definition) is 4. The van der Waals surface area contributed by atoms with Crippen molar-refractivity contribution in [1.82, 2.24) is 9.21 Å². The number of sulfonamides is 1. The first-order valence-corrected chi connectivity index (χ1v) is 11.4. The molecular formula is C20H33N3O3S. The number of nitrogens with one attached hydrogen (secondary N) is 1. The molecule has 0 unspecified atom stereocenters. The summed E-state index contributed by atoms with van der Waals surface area (Å²) in [7, 11) is -1.62. The Morgan fingerprint density at radius 2 is 1.85 bits per heavy atom. The predicted molar refractivity (Wildman–Crippen MR) is 109 cm³/mol. The van der Waals surface area contributed by atoms with E-state index >= 15 is 0 Å². The summed E-state index contributed by atoms with van der Waals surface area (Å²) < 4.78 is 27.8. The fraction of sp³-hybridized carbons (Fsp3) is 0.650. The maximum atomic E-state index is 13.1. The average molecular weight is 396 g/mol. The summed E-state index contributed by atoms with van der Waals surface area (Å²) in [6.07, 6.45) is 6.09. The molecule has 2 rings (SSSR count). The van der Waals surface area contributed by atoms with Crippen LogP contribution in [-0.4, -0.2) is 56.8 Å². The standard InChI is InChI=1S/C20H33N3O3S/c1-4-5-12-22(3)16-20(24)21-18-11-10-17(2)19(15-18)27(25,26)23-13-8-6-7-9-14-23/h10-11,15H,4-9,12-14,16H2,1-3H3,(H,21,24). The van der Waals surface area contributed by atoms with E-state index in [2.05, 4.69) is 12.2 Å². The molecule has 7 heteroatoms. The van der Waals surface area contributed by atoms with E-state index in [-0.39, 0.29) is 5.91 Å². The molecule has 6 nitrogen and oxygen atoms in total. The van der Waals surface area contributed by atoms with Crippen molar-refractivity contribution in [3.8, 4) is 0 Å². The van der Waals surface area contributed by atoms with E-state index in [0.29, 0.717) is 35.8 Å². The first-order valence-electron chi connectivity index (χ1n) is 9.93. The molecule has 27 heavy (non-hydrogen) atoms. The number of carbonyl (C=O) groups is 1. The fourth-order valence-electron chi connectivity index (χ4n) is 3.33. The molecule has 0 atom stereocenters. The third-order valence-corrected chi connectivity index (χ3v) is 7.00. The minimum absolute atomic E-state index is 0.129. The van der Waals surface area contributed by atoms with Crippen LogP contribution in [-0.2, 0) is 14.8 Å². The van der Waals surface area contributed by atoms with E-state index in [1.807, 2.05) is 11.9 Å². The highest BCUT2D eigenvalue weighted by molar-refractivity contribution is 7.89. The van der Waals surface area contributed by atoms with Gasteiger partial charge in [-0.25, -0.2) is 8.42 Å². The van der Waals surface area contributed by atoms with Crippen molar-refractivity contribution in [3.63, 3.8) is 0 Å². The van der Waals surface area contributed by atoms with Crippen molar-refractivity contribution < 1.29 is 13.2 Å². The van der Waals surface area contributed by atoms with Gasteiger partial charge in [0.15, 0.2) is 0 Å². The van der Waals surface area contributed by atoms with Gasteiger partial charge in [-0.1, -0.05) is 32.3 Å². The summed E-state index contributed by atoms with van der Waals surface area (Å²) in [5.74, 6) is -0.129. The van der Waals surface area contributed by atoms with Gasteiger partial charge in [-0.3, -0.25) is 9.69 Å². The quantitative estimate of drug-likeness (QED) is 0.734. The Kier molecular flexibility index (Phi) is 8.26. The largest absolute Gasteiger partial charge is 0.325 e. The van der Waals surface area contributed by atoms with Crippen molar-refractivity contribution in [2.45, 2.75) is 57.3 Å². The summed E-state index contributed by atoms with van der Waals surface area (Å²) in [5.41, 5.74) is 1.24. The van der Waals surface area contributed by atoms with Crippen LogP contribution in [0, 0.1) is 6.92 Å². The Hall–Kier alpha value is -1.44. The van der Waals surface area contributed by atoms with Crippen molar-refractivity contribution in [1.29, 1.82) is 0 Å². The molecule has 1 aliphatic rings. The predicted octanol–water partition coefficient (Wildman–Crippen LogP) is 3.23. The lowest BCUT2D eigenvalue weighted by molar-refractivity contribution is -0.117. The van der Waals surface area contributed by atoms with E-state index < -0.39 is 10.0 Å². The van der Waals surface area contributed by atoms with Gasteiger partial charge in [0.25, 0.3) is 0 Å². The summed E-state index contributed by atoms with van der Waals surface area (Å²) in [4.78, 5) is 14.5. The first-order chi connectivity index (χ1) is 12.8. The summed E-state index contributed by atoms with van der Waals surface area (Å²) in [5, 5.41) is 2.84. The van der Waals surface area contributed by atoms with Crippen LogP contribution < -0.4 is 5.32 Å². The van der Waals surface area contributed by atoms with E-state index in [1.54, 1.807) is 29.4 Å². The molecule has 0 aliphatic carbocycles. The van der Waals surface area contributed by atoms with Gasteiger partial charge in [0, 0.05) is 18.8 Å². The Morgan fingerprint density at radius 1 is 1.19 bits per heavy atom. The topological polar surface area (TPSA) is 69.7 Å². The minimum atomic E-state index is -3.54. The molecule has 1 amide bonds. The molecule has 1 heterocycles. The van der Waals surface area contributed by atoms with Gasteiger partial charge in [0.2, 0.25) is 15.9 Å².